The molecule has 3 rings (SSSR count). The molecule has 1 aromatic rings. The van der Waals surface area contributed by atoms with Crippen LogP contribution < -0.4 is 4.74 Å². The van der Waals surface area contributed by atoms with Gasteiger partial charge in [0.15, 0.2) is 0 Å². The third-order valence-electron chi connectivity index (χ3n) is 4.68. The number of benzene rings is 1. The van der Waals surface area contributed by atoms with Gasteiger partial charge in [0.05, 0.1) is 24.7 Å². The number of hydrogen-bond acceptors (Lipinski definition) is 2. The molecule has 0 saturated carbocycles. The Kier molecular flexibility index (Phi) is 3.09. The molecule has 19 heavy (non-hydrogen) atoms. The zero-order valence-corrected chi connectivity index (χ0v) is 12.4. The summed E-state index contributed by atoms with van der Waals surface area (Å²) in [6.45, 7) is 10.7. The minimum atomic E-state index is 0.201. The van der Waals surface area contributed by atoms with Crippen LogP contribution in [0.3, 0.4) is 0 Å². The van der Waals surface area contributed by atoms with Crippen LogP contribution in [-0.2, 0) is 10.2 Å². The van der Waals surface area contributed by atoms with E-state index in [9.17, 15) is 0 Å². The van der Waals surface area contributed by atoms with Crippen molar-refractivity contribution >= 4 is 0 Å². The van der Waals surface area contributed by atoms with Crippen molar-refractivity contribution in [2.75, 3.05) is 13.2 Å². The highest BCUT2D eigenvalue weighted by Crippen LogP contribution is 2.50. The Hall–Kier alpha value is -1.02. The average molecular weight is 260 g/mol. The van der Waals surface area contributed by atoms with Crippen molar-refractivity contribution in [1.29, 1.82) is 0 Å². The summed E-state index contributed by atoms with van der Waals surface area (Å²) in [5.74, 6) is 2.19. The lowest BCUT2D eigenvalue weighted by Gasteiger charge is -2.53. The van der Waals surface area contributed by atoms with E-state index in [0.29, 0.717) is 17.9 Å². The average Bonchev–Trinajstić information content (AvgIpc) is 2.35. The standard InChI is InChI=1S/C17H24O2/c1-11(2)13-5-6-15-14(9-13)17(7-8-18-15)10-19-16(17)12(3)4/h5-6,9,11-12,16H,7-8,10H2,1-4H3. The van der Waals surface area contributed by atoms with E-state index in [0.717, 1.165) is 25.4 Å². The summed E-state index contributed by atoms with van der Waals surface area (Å²) >= 11 is 0. The summed E-state index contributed by atoms with van der Waals surface area (Å²) in [7, 11) is 0. The molecule has 0 radical (unpaired) electrons. The summed E-state index contributed by atoms with van der Waals surface area (Å²) in [5, 5.41) is 0. The minimum Gasteiger partial charge on any atom is -0.493 e. The summed E-state index contributed by atoms with van der Waals surface area (Å²) in [6.07, 6.45) is 1.43. The van der Waals surface area contributed by atoms with Gasteiger partial charge in [-0.2, -0.15) is 0 Å². The van der Waals surface area contributed by atoms with Gasteiger partial charge < -0.3 is 9.47 Å². The van der Waals surface area contributed by atoms with E-state index in [1.807, 2.05) is 0 Å². The van der Waals surface area contributed by atoms with Crippen LogP contribution in [0.5, 0.6) is 5.75 Å². The molecule has 1 fully saturated rings. The van der Waals surface area contributed by atoms with Gasteiger partial charge >= 0.3 is 0 Å². The highest BCUT2D eigenvalue weighted by Gasteiger charge is 2.53. The predicted octanol–water partition coefficient (Wildman–Crippen LogP) is 3.89. The fourth-order valence-corrected chi connectivity index (χ4v) is 3.56. The molecule has 1 saturated heterocycles. The molecule has 2 aliphatic rings. The molecule has 2 nitrogen and oxygen atoms in total. The van der Waals surface area contributed by atoms with Crippen LogP contribution in [0.25, 0.3) is 0 Å². The van der Waals surface area contributed by atoms with E-state index in [4.69, 9.17) is 9.47 Å². The number of fused-ring (bicyclic) bond motifs is 2. The van der Waals surface area contributed by atoms with Crippen LogP contribution in [0, 0.1) is 5.92 Å². The lowest BCUT2D eigenvalue weighted by molar-refractivity contribution is -0.171. The molecule has 2 unspecified atom stereocenters. The second-order valence-electron chi connectivity index (χ2n) is 6.64. The van der Waals surface area contributed by atoms with Crippen molar-refractivity contribution < 1.29 is 9.47 Å². The number of rotatable bonds is 2. The maximum Gasteiger partial charge on any atom is 0.123 e. The molecule has 2 heterocycles. The number of hydrogen-bond donors (Lipinski definition) is 0. The molecule has 1 spiro atoms. The molecule has 2 heteroatoms. The van der Waals surface area contributed by atoms with Crippen molar-refractivity contribution in [2.45, 2.75) is 51.6 Å². The van der Waals surface area contributed by atoms with Crippen LogP contribution in [0.2, 0.25) is 0 Å². The van der Waals surface area contributed by atoms with Crippen LogP contribution in [0.15, 0.2) is 18.2 Å². The molecule has 2 atom stereocenters. The van der Waals surface area contributed by atoms with Crippen molar-refractivity contribution in [3.8, 4) is 5.75 Å². The largest absolute Gasteiger partial charge is 0.493 e. The van der Waals surface area contributed by atoms with E-state index < -0.39 is 0 Å². The molecule has 0 amide bonds. The van der Waals surface area contributed by atoms with Crippen molar-refractivity contribution in [3.05, 3.63) is 29.3 Å². The Morgan fingerprint density at radius 1 is 1.21 bits per heavy atom. The molecule has 2 aliphatic heterocycles. The molecular weight excluding hydrogens is 236 g/mol. The van der Waals surface area contributed by atoms with Gasteiger partial charge in [-0.1, -0.05) is 39.8 Å². The maximum absolute atomic E-state index is 5.89. The molecule has 0 aromatic heterocycles. The second-order valence-corrected chi connectivity index (χ2v) is 6.64. The smallest absolute Gasteiger partial charge is 0.123 e. The molecule has 1 aromatic carbocycles. The fraction of sp³-hybridized carbons (Fsp3) is 0.647. The van der Waals surface area contributed by atoms with Crippen LogP contribution in [0.4, 0.5) is 0 Å². The Morgan fingerprint density at radius 2 is 2.00 bits per heavy atom. The van der Waals surface area contributed by atoms with Gasteiger partial charge in [0.2, 0.25) is 0 Å². The minimum absolute atomic E-state index is 0.201. The van der Waals surface area contributed by atoms with Crippen LogP contribution in [0.1, 0.15) is 51.2 Å². The summed E-state index contributed by atoms with van der Waals surface area (Å²) < 4.78 is 11.7. The summed E-state index contributed by atoms with van der Waals surface area (Å²) in [4.78, 5) is 0. The highest BCUT2D eigenvalue weighted by atomic mass is 16.5. The first kappa shape index (κ1) is 13.0. The first-order valence-electron chi connectivity index (χ1n) is 7.43. The first-order valence-corrected chi connectivity index (χ1v) is 7.43. The lowest BCUT2D eigenvalue weighted by atomic mass is 9.65. The fourth-order valence-electron chi connectivity index (χ4n) is 3.56. The van der Waals surface area contributed by atoms with E-state index in [2.05, 4.69) is 45.9 Å². The van der Waals surface area contributed by atoms with Crippen molar-refractivity contribution in [3.63, 3.8) is 0 Å². The monoisotopic (exact) mass is 260 g/mol. The Labute approximate surface area is 116 Å². The summed E-state index contributed by atoms with van der Waals surface area (Å²) in [5.41, 5.74) is 2.99. The van der Waals surface area contributed by atoms with Gasteiger partial charge in [-0.3, -0.25) is 0 Å². The molecule has 104 valence electrons. The summed E-state index contributed by atoms with van der Waals surface area (Å²) in [6, 6.07) is 6.71. The zero-order chi connectivity index (χ0) is 13.6. The third-order valence-corrected chi connectivity index (χ3v) is 4.68. The molecule has 0 bridgehead atoms. The van der Waals surface area contributed by atoms with E-state index in [-0.39, 0.29) is 5.41 Å². The quantitative estimate of drug-likeness (QED) is 0.803. The molecular formula is C17H24O2. The van der Waals surface area contributed by atoms with E-state index in [1.54, 1.807) is 0 Å². The zero-order valence-electron chi connectivity index (χ0n) is 12.4. The first-order chi connectivity index (χ1) is 9.04. The van der Waals surface area contributed by atoms with E-state index in [1.165, 1.54) is 11.1 Å². The second kappa shape index (κ2) is 4.52. The highest BCUT2D eigenvalue weighted by molar-refractivity contribution is 5.47. The van der Waals surface area contributed by atoms with Gasteiger partial charge in [-0.15, -0.1) is 0 Å². The Morgan fingerprint density at radius 3 is 2.58 bits per heavy atom. The van der Waals surface area contributed by atoms with Crippen LogP contribution >= 0.6 is 0 Å². The van der Waals surface area contributed by atoms with Gasteiger partial charge in [0.25, 0.3) is 0 Å². The van der Waals surface area contributed by atoms with Crippen LogP contribution in [-0.4, -0.2) is 19.3 Å². The maximum atomic E-state index is 5.89. The Bertz CT molecular complexity index is 478. The Balaban J connectivity index is 2.06. The van der Waals surface area contributed by atoms with E-state index >= 15 is 0 Å². The molecule has 0 N–H and O–H groups in total. The normalized spacial score (nSPS) is 29.3. The predicted molar refractivity (Wildman–Crippen MR) is 76.9 cm³/mol. The van der Waals surface area contributed by atoms with Gasteiger partial charge in [0, 0.05) is 5.56 Å². The third kappa shape index (κ3) is 1.88. The molecule has 0 aliphatic carbocycles. The van der Waals surface area contributed by atoms with Gasteiger partial charge in [-0.25, -0.2) is 0 Å². The van der Waals surface area contributed by atoms with Crippen molar-refractivity contribution in [1.82, 2.24) is 0 Å². The van der Waals surface area contributed by atoms with Gasteiger partial charge in [-0.05, 0) is 29.9 Å². The number of ether oxygens (including phenoxy) is 2. The topological polar surface area (TPSA) is 18.5 Å². The van der Waals surface area contributed by atoms with Crippen molar-refractivity contribution in [2.24, 2.45) is 5.92 Å². The van der Waals surface area contributed by atoms with Gasteiger partial charge in [0.1, 0.15) is 5.75 Å². The SMILES string of the molecule is CC(C)c1ccc2c(c1)C1(CCO2)COC1C(C)C. The lowest BCUT2D eigenvalue weighted by Crippen LogP contribution is -2.59.